The van der Waals surface area contributed by atoms with Gasteiger partial charge in [-0.2, -0.15) is 5.10 Å². The van der Waals surface area contributed by atoms with Gasteiger partial charge in [0.1, 0.15) is 5.82 Å². The minimum atomic E-state index is -0.233. The third kappa shape index (κ3) is 3.67. The molecule has 5 nitrogen and oxygen atoms in total. The van der Waals surface area contributed by atoms with E-state index < -0.39 is 0 Å². The molecule has 0 spiro atoms. The van der Waals surface area contributed by atoms with E-state index >= 15 is 0 Å². The maximum Gasteiger partial charge on any atom is 0.310 e. The van der Waals surface area contributed by atoms with Gasteiger partial charge in [-0.15, -0.1) is 0 Å². The smallest absolute Gasteiger partial charge is 0.310 e. The molecule has 0 aliphatic rings. The molecule has 1 aromatic heterocycles. The molecule has 0 fully saturated rings. The van der Waals surface area contributed by atoms with Crippen molar-refractivity contribution in [2.24, 2.45) is 0 Å². The van der Waals surface area contributed by atoms with Crippen LogP contribution in [-0.2, 0) is 21.4 Å². The molecule has 0 unspecified atom stereocenters. The Morgan fingerprint density at radius 3 is 2.64 bits per heavy atom. The number of ether oxygens (including phenoxy) is 1. The van der Waals surface area contributed by atoms with Gasteiger partial charge in [0.15, 0.2) is 0 Å². The Hall–Kier alpha value is -2.30. The van der Waals surface area contributed by atoms with Gasteiger partial charge in [0, 0.05) is 11.5 Å². The molecule has 0 bridgehead atoms. The van der Waals surface area contributed by atoms with Crippen molar-refractivity contribution in [3.63, 3.8) is 0 Å². The van der Waals surface area contributed by atoms with E-state index in [4.69, 9.17) is 10.5 Å². The van der Waals surface area contributed by atoms with Gasteiger partial charge in [-0.05, 0) is 24.6 Å². The first-order chi connectivity index (χ1) is 10.3. The molecule has 0 aliphatic carbocycles. The summed E-state index contributed by atoms with van der Waals surface area (Å²) in [6.45, 7) is 8.47. The number of aromatic nitrogens is 2. The number of nitrogen functional groups attached to an aromatic ring is 1. The molecular weight excluding hydrogens is 278 g/mol. The van der Waals surface area contributed by atoms with E-state index in [1.54, 1.807) is 11.6 Å². The number of esters is 1. The van der Waals surface area contributed by atoms with E-state index in [9.17, 15) is 4.79 Å². The average Bonchev–Trinajstić information content (AvgIpc) is 2.81. The van der Waals surface area contributed by atoms with Gasteiger partial charge < -0.3 is 10.5 Å². The number of rotatable bonds is 4. The van der Waals surface area contributed by atoms with E-state index in [1.807, 2.05) is 30.3 Å². The molecule has 1 heterocycles. The molecule has 1 aromatic carbocycles. The van der Waals surface area contributed by atoms with E-state index in [1.165, 1.54) is 0 Å². The molecule has 0 amide bonds. The third-order valence-corrected chi connectivity index (χ3v) is 3.31. The minimum Gasteiger partial charge on any atom is -0.466 e. The Labute approximate surface area is 131 Å². The van der Waals surface area contributed by atoms with E-state index in [-0.39, 0.29) is 17.8 Å². The summed E-state index contributed by atoms with van der Waals surface area (Å²) in [5.74, 6) is 0.349. The highest BCUT2D eigenvalue weighted by atomic mass is 16.5. The first kappa shape index (κ1) is 16.1. The van der Waals surface area contributed by atoms with Crippen LogP contribution in [0.25, 0.3) is 5.69 Å². The highest BCUT2D eigenvalue weighted by Gasteiger charge is 2.19. The van der Waals surface area contributed by atoms with Crippen molar-refractivity contribution in [1.29, 1.82) is 0 Å². The van der Waals surface area contributed by atoms with Crippen molar-refractivity contribution in [3.8, 4) is 5.69 Å². The van der Waals surface area contributed by atoms with Crippen LogP contribution in [0.4, 0.5) is 5.82 Å². The third-order valence-electron chi connectivity index (χ3n) is 3.31. The highest BCUT2D eigenvalue weighted by molar-refractivity contribution is 5.72. The maximum atomic E-state index is 11.6. The van der Waals surface area contributed by atoms with E-state index in [2.05, 4.69) is 25.9 Å². The Morgan fingerprint density at radius 1 is 1.32 bits per heavy atom. The van der Waals surface area contributed by atoms with Crippen LogP contribution < -0.4 is 5.73 Å². The fourth-order valence-electron chi connectivity index (χ4n) is 2.15. The van der Waals surface area contributed by atoms with Crippen LogP contribution in [0.15, 0.2) is 30.3 Å². The van der Waals surface area contributed by atoms with Gasteiger partial charge in [-0.1, -0.05) is 32.9 Å². The zero-order valence-corrected chi connectivity index (χ0v) is 13.6. The molecule has 0 saturated heterocycles. The van der Waals surface area contributed by atoms with Crippen molar-refractivity contribution in [2.45, 2.75) is 39.5 Å². The predicted octanol–water partition coefficient (Wildman–Crippen LogP) is 2.86. The van der Waals surface area contributed by atoms with Gasteiger partial charge >= 0.3 is 5.97 Å². The molecule has 2 N–H and O–H groups in total. The van der Waals surface area contributed by atoms with Crippen molar-refractivity contribution in [2.75, 3.05) is 12.3 Å². The number of anilines is 1. The summed E-state index contributed by atoms with van der Waals surface area (Å²) in [6.07, 6.45) is 0.245. The molecule has 0 saturated carbocycles. The number of benzene rings is 1. The van der Waals surface area contributed by atoms with Crippen LogP contribution in [0.5, 0.6) is 0 Å². The lowest BCUT2D eigenvalue weighted by Gasteiger charge is -2.14. The molecule has 2 aromatic rings. The molecule has 118 valence electrons. The van der Waals surface area contributed by atoms with Crippen LogP contribution >= 0.6 is 0 Å². The first-order valence-electron chi connectivity index (χ1n) is 7.42. The maximum absolute atomic E-state index is 11.6. The topological polar surface area (TPSA) is 70.1 Å². The second-order valence-corrected chi connectivity index (χ2v) is 6.27. The summed E-state index contributed by atoms with van der Waals surface area (Å²) in [7, 11) is 0. The monoisotopic (exact) mass is 301 g/mol. The fourth-order valence-corrected chi connectivity index (χ4v) is 2.15. The van der Waals surface area contributed by atoms with Gasteiger partial charge in [-0.25, -0.2) is 4.68 Å². The van der Waals surface area contributed by atoms with Crippen LogP contribution in [-0.4, -0.2) is 22.4 Å². The molecule has 2 rings (SSSR count). The number of hydrogen-bond acceptors (Lipinski definition) is 4. The zero-order valence-electron chi connectivity index (χ0n) is 13.6. The normalized spacial score (nSPS) is 11.5. The largest absolute Gasteiger partial charge is 0.466 e. The molecule has 0 aliphatic heterocycles. The number of carbonyl (C=O) groups excluding carboxylic acids is 1. The quantitative estimate of drug-likeness (QED) is 0.882. The molecule has 0 atom stereocenters. The van der Waals surface area contributed by atoms with Crippen LogP contribution in [0.1, 0.15) is 39.0 Å². The van der Waals surface area contributed by atoms with Gasteiger partial charge in [0.25, 0.3) is 0 Å². The highest BCUT2D eigenvalue weighted by Crippen LogP contribution is 2.25. The van der Waals surface area contributed by atoms with Crippen LogP contribution in [0, 0.1) is 0 Å². The second kappa shape index (κ2) is 6.22. The summed E-state index contributed by atoms with van der Waals surface area (Å²) in [5.41, 5.74) is 8.66. The summed E-state index contributed by atoms with van der Waals surface area (Å²) in [4.78, 5) is 11.6. The van der Waals surface area contributed by atoms with Gasteiger partial charge in [0.2, 0.25) is 0 Å². The van der Waals surface area contributed by atoms with Crippen molar-refractivity contribution < 1.29 is 9.53 Å². The van der Waals surface area contributed by atoms with Crippen molar-refractivity contribution in [1.82, 2.24) is 9.78 Å². The second-order valence-electron chi connectivity index (χ2n) is 6.27. The fraction of sp³-hybridized carbons (Fsp3) is 0.412. The average molecular weight is 301 g/mol. The van der Waals surface area contributed by atoms with Gasteiger partial charge in [0.05, 0.1) is 24.4 Å². The number of nitrogens with zero attached hydrogens (tertiary/aromatic N) is 2. The summed E-state index contributed by atoms with van der Waals surface area (Å²) in [5, 5.41) is 4.58. The Morgan fingerprint density at radius 2 is 2.05 bits per heavy atom. The molecule has 22 heavy (non-hydrogen) atoms. The van der Waals surface area contributed by atoms with E-state index in [0.717, 1.165) is 16.9 Å². The molecular formula is C17H23N3O2. The lowest BCUT2D eigenvalue weighted by molar-refractivity contribution is -0.142. The van der Waals surface area contributed by atoms with Crippen molar-refractivity contribution >= 4 is 11.8 Å². The summed E-state index contributed by atoms with van der Waals surface area (Å²) < 4.78 is 6.68. The SMILES string of the molecule is CCOC(=O)Cc1cccc(-n2nc(C(C)(C)C)cc2N)c1. The lowest BCUT2D eigenvalue weighted by Crippen LogP contribution is -2.12. The summed E-state index contributed by atoms with van der Waals surface area (Å²) >= 11 is 0. The lowest BCUT2D eigenvalue weighted by atomic mass is 9.92. The van der Waals surface area contributed by atoms with Gasteiger partial charge in [-0.3, -0.25) is 4.79 Å². The Balaban J connectivity index is 2.30. The van der Waals surface area contributed by atoms with Crippen molar-refractivity contribution in [3.05, 3.63) is 41.6 Å². The first-order valence-corrected chi connectivity index (χ1v) is 7.42. The summed E-state index contributed by atoms with van der Waals surface area (Å²) in [6, 6.07) is 9.50. The van der Waals surface area contributed by atoms with Crippen LogP contribution in [0.3, 0.4) is 0 Å². The van der Waals surface area contributed by atoms with Crippen LogP contribution in [0.2, 0.25) is 0 Å². The number of nitrogens with two attached hydrogens (primary N) is 1. The standard InChI is InChI=1S/C17H23N3O2/c1-5-22-16(21)10-12-7-6-8-13(9-12)20-15(18)11-14(19-20)17(2,3)4/h6-9,11H,5,10,18H2,1-4H3. The minimum absolute atomic E-state index is 0.0675. The Kier molecular flexibility index (Phi) is 4.54. The molecule has 0 radical (unpaired) electrons. The molecule has 5 heteroatoms. The predicted molar refractivity (Wildman–Crippen MR) is 87.0 cm³/mol. The van der Waals surface area contributed by atoms with E-state index in [0.29, 0.717) is 12.4 Å². The number of hydrogen-bond donors (Lipinski definition) is 1. The zero-order chi connectivity index (χ0) is 16.3. The Bertz CT molecular complexity index is 669. The number of carbonyl (C=O) groups is 1.